The van der Waals surface area contributed by atoms with Crippen molar-refractivity contribution < 1.29 is 14.6 Å². The fourth-order valence-electron chi connectivity index (χ4n) is 2.94. The molecule has 2 atom stereocenters. The number of carbonyl (C=O) groups excluding carboxylic acids is 1. The molecular weight excluding hydrogens is 304 g/mol. The van der Waals surface area contributed by atoms with Crippen molar-refractivity contribution in [3.8, 4) is 5.75 Å². The Kier molecular flexibility index (Phi) is 5.33. The van der Waals surface area contributed by atoms with E-state index in [4.69, 9.17) is 9.84 Å². The van der Waals surface area contributed by atoms with Gasteiger partial charge in [0.1, 0.15) is 12.4 Å². The number of hydrogen-bond acceptors (Lipinski definition) is 3. The summed E-state index contributed by atoms with van der Waals surface area (Å²) in [5.74, 6) is 0.822. The molecule has 0 saturated carbocycles. The van der Waals surface area contributed by atoms with Crippen LogP contribution in [0.4, 0.5) is 4.79 Å². The molecule has 0 saturated heterocycles. The zero-order chi connectivity index (χ0) is 16.8. The van der Waals surface area contributed by atoms with Gasteiger partial charge in [-0.1, -0.05) is 48.5 Å². The van der Waals surface area contributed by atoms with Crippen molar-refractivity contribution in [2.45, 2.75) is 24.9 Å². The van der Waals surface area contributed by atoms with Gasteiger partial charge in [-0.05, 0) is 24.5 Å². The van der Waals surface area contributed by atoms with E-state index in [9.17, 15) is 4.79 Å². The number of nitrogens with one attached hydrogen (secondary N) is 2. The second-order valence-corrected chi connectivity index (χ2v) is 5.85. The van der Waals surface area contributed by atoms with Gasteiger partial charge in [0.05, 0.1) is 12.1 Å². The van der Waals surface area contributed by atoms with E-state index in [-0.39, 0.29) is 24.7 Å². The van der Waals surface area contributed by atoms with Gasteiger partial charge >= 0.3 is 6.03 Å². The summed E-state index contributed by atoms with van der Waals surface area (Å²) in [7, 11) is 0. The highest BCUT2D eigenvalue weighted by atomic mass is 16.5. The molecule has 126 valence electrons. The largest absolute Gasteiger partial charge is 0.491 e. The third kappa shape index (κ3) is 3.86. The fourth-order valence-corrected chi connectivity index (χ4v) is 2.94. The molecule has 0 spiro atoms. The van der Waals surface area contributed by atoms with Crippen molar-refractivity contribution in [2.75, 3.05) is 13.2 Å². The number of aliphatic hydroxyl groups excluding tert-OH is 1. The van der Waals surface area contributed by atoms with Crippen LogP contribution in [0, 0.1) is 0 Å². The molecule has 2 aromatic carbocycles. The average Bonchev–Trinajstić information content (AvgIpc) is 3.02. The standard InChI is InChI=1S/C19H22N2O3/c22-12-6-10-16(14-7-2-1-3-8-14)20-19(23)21-17-13-24-18-11-5-4-9-15(17)18/h1-5,7-9,11,16-17,22H,6,10,12-13H2,(H2,20,21,23). The lowest BCUT2D eigenvalue weighted by Gasteiger charge is -2.21. The first-order valence-corrected chi connectivity index (χ1v) is 8.22. The molecule has 5 heteroatoms. The lowest BCUT2D eigenvalue weighted by molar-refractivity contribution is 0.225. The van der Waals surface area contributed by atoms with Crippen molar-refractivity contribution in [3.05, 3.63) is 65.7 Å². The second-order valence-electron chi connectivity index (χ2n) is 5.85. The highest BCUT2D eigenvalue weighted by molar-refractivity contribution is 5.75. The lowest BCUT2D eigenvalue weighted by Crippen LogP contribution is -2.40. The predicted molar refractivity (Wildman–Crippen MR) is 91.8 cm³/mol. The number of aliphatic hydroxyl groups is 1. The molecule has 1 aliphatic heterocycles. The molecule has 0 aliphatic carbocycles. The summed E-state index contributed by atoms with van der Waals surface area (Å²) in [6, 6.07) is 17.0. The Balaban J connectivity index is 1.64. The van der Waals surface area contributed by atoms with Crippen LogP contribution in [-0.4, -0.2) is 24.4 Å². The van der Waals surface area contributed by atoms with Crippen LogP contribution < -0.4 is 15.4 Å². The molecule has 0 fully saturated rings. The summed E-state index contributed by atoms with van der Waals surface area (Å²) in [4.78, 5) is 12.4. The van der Waals surface area contributed by atoms with Crippen LogP contribution in [0.1, 0.15) is 36.1 Å². The van der Waals surface area contributed by atoms with E-state index in [1.54, 1.807) is 0 Å². The van der Waals surface area contributed by atoms with Gasteiger partial charge in [-0.3, -0.25) is 0 Å². The Morgan fingerprint density at radius 3 is 2.71 bits per heavy atom. The van der Waals surface area contributed by atoms with Crippen LogP contribution in [0.3, 0.4) is 0 Å². The van der Waals surface area contributed by atoms with E-state index < -0.39 is 0 Å². The number of hydrogen-bond donors (Lipinski definition) is 3. The quantitative estimate of drug-likeness (QED) is 0.764. The maximum Gasteiger partial charge on any atom is 0.315 e. The maximum atomic E-state index is 12.4. The van der Waals surface area contributed by atoms with Gasteiger partial charge in [-0.2, -0.15) is 0 Å². The van der Waals surface area contributed by atoms with Crippen molar-refractivity contribution in [3.63, 3.8) is 0 Å². The van der Waals surface area contributed by atoms with Gasteiger partial charge in [-0.15, -0.1) is 0 Å². The number of amides is 2. The third-order valence-corrected chi connectivity index (χ3v) is 4.16. The molecule has 0 bridgehead atoms. The van der Waals surface area contributed by atoms with E-state index in [1.807, 2.05) is 54.6 Å². The third-order valence-electron chi connectivity index (χ3n) is 4.16. The predicted octanol–water partition coefficient (Wildman–Crippen LogP) is 2.93. The molecule has 1 aliphatic rings. The first kappa shape index (κ1) is 16.3. The van der Waals surface area contributed by atoms with Crippen molar-refractivity contribution in [1.29, 1.82) is 0 Å². The number of benzene rings is 2. The summed E-state index contributed by atoms with van der Waals surface area (Å²) in [5.41, 5.74) is 2.03. The zero-order valence-electron chi connectivity index (χ0n) is 13.4. The Bertz CT molecular complexity index is 675. The highest BCUT2D eigenvalue weighted by Gasteiger charge is 2.25. The van der Waals surface area contributed by atoms with E-state index in [1.165, 1.54) is 0 Å². The average molecular weight is 326 g/mol. The molecular formula is C19H22N2O3. The SMILES string of the molecule is O=C(NC(CCCO)c1ccccc1)NC1COc2ccccc21. The molecule has 0 radical (unpaired) electrons. The number of ether oxygens (including phenoxy) is 1. The number of rotatable bonds is 6. The number of carbonyl (C=O) groups is 1. The molecule has 5 nitrogen and oxygen atoms in total. The molecule has 3 rings (SSSR count). The van der Waals surface area contributed by atoms with E-state index in [2.05, 4.69) is 10.6 Å². The number of para-hydroxylation sites is 1. The minimum Gasteiger partial charge on any atom is -0.491 e. The summed E-state index contributed by atoms with van der Waals surface area (Å²) in [6.45, 7) is 0.551. The smallest absolute Gasteiger partial charge is 0.315 e. The highest BCUT2D eigenvalue weighted by Crippen LogP contribution is 2.31. The monoisotopic (exact) mass is 326 g/mol. The minimum atomic E-state index is -0.230. The first-order chi connectivity index (χ1) is 11.8. The Morgan fingerprint density at radius 1 is 1.17 bits per heavy atom. The fraction of sp³-hybridized carbons (Fsp3) is 0.316. The molecule has 1 heterocycles. The second kappa shape index (κ2) is 7.84. The summed E-state index contributed by atoms with van der Waals surface area (Å²) in [5, 5.41) is 15.1. The van der Waals surface area contributed by atoms with Gasteiger partial charge in [-0.25, -0.2) is 4.79 Å². The normalized spacial score (nSPS) is 16.8. The minimum absolute atomic E-state index is 0.108. The van der Waals surface area contributed by atoms with Gasteiger partial charge < -0.3 is 20.5 Å². The molecule has 2 unspecified atom stereocenters. The van der Waals surface area contributed by atoms with Crippen LogP contribution in [-0.2, 0) is 0 Å². The lowest BCUT2D eigenvalue weighted by atomic mass is 10.0. The van der Waals surface area contributed by atoms with E-state index >= 15 is 0 Å². The summed E-state index contributed by atoms with van der Waals surface area (Å²) >= 11 is 0. The maximum absolute atomic E-state index is 12.4. The van der Waals surface area contributed by atoms with Crippen LogP contribution in [0.25, 0.3) is 0 Å². The Labute approximate surface area is 141 Å². The number of fused-ring (bicyclic) bond motifs is 1. The van der Waals surface area contributed by atoms with Gasteiger partial charge in [0.25, 0.3) is 0 Å². The summed E-state index contributed by atoms with van der Waals surface area (Å²) < 4.78 is 5.59. The van der Waals surface area contributed by atoms with Crippen LogP contribution in [0.5, 0.6) is 5.75 Å². The van der Waals surface area contributed by atoms with Crippen LogP contribution in [0.15, 0.2) is 54.6 Å². The molecule has 2 amide bonds. The van der Waals surface area contributed by atoms with E-state index in [0.29, 0.717) is 19.4 Å². The summed E-state index contributed by atoms with van der Waals surface area (Å²) in [6.07, 6.45) is 1.32. The van der Waals surface area contributed by atoms with Crippen LogP contribution >= 0.6 is 0 Å². The first-order valence-electron chi connectivity index (χ1n) is 8.22. The zero-order valence-corrected chi connectivity index (χ0v) is 13.4. The van der Waals surface area contributed by atoms with Crippen LogP contribution in [0.2, 0.25) is 0 Å². The number of urea groups is 1. The van der Waals surface area contributed by atoms with Gasteiger partial charge in [0, 0.05) is 12.2 Å². The van der Waals surface area contributed by atoms with Crippen molar-refractivity contribution in [2.24, 2.45) is 0 Å². The Hall–Kier alpha value is -2.53. The van der Waals surface area contributed by atoms with Crippen molar-refractivity contribution in [1.82, 2.24) is 10.6 Å². The Morgan fingerprint density at radius 2 is 1.92 bits per heavy atom. The molecule has 0 aromatic heterocycles. The topological polar surface area (TPSA) is 70.6 Å². The van der Waals surface area contributed by atoms with Gasteiger partial charge in [0.2, 0.25) is 0 Å². The molecule has 3 N–H and O–H groups in total. The molecule has 2 aromatic rings. The van der Waals surface area contributed by atoms with E-state index in [0.717, 1.165) is 16.9 Å². The van der Waals surface area contributed by atoms with Crippen molar-refractivity contribution >= 4 is 6.03 Å². The molecule has 24 heavy (non-hydrogen) atoms. The van der Waals surface area contributed by atoms with Gasteiger partial charge in [0.15, 0.2) is 0 Å².